The highest BCUT2D eigenvalue weighted by Crippen LogP contribution is 2.31. The summed E-state index contributed by atoms with van der Waals surface area (Å²) in [5, 5.41) is 0.623. The molecular formula is C22H27ClFN3O3S2. The number of amides is 1. The van der Waals surface area contributed by atoms with Gasteiger partial charge in [0.05, 0.1) is 20.9 Å². The number of likely N-dealkylation sites (N-methyl/N-ethyl adjacent to an activating group) is 1. The van der Waals surface area contributed by atoms with Crippen LogP contribution in [-0.4, -0.2) is 57.1 Å². The summed E-state index contributed by atoms with van der Waals surface area (Å²) in [4.78, 5) is 21.4. The van der Waals surface area contributed by atoms with E-state index in [9.17, 15) is 17.6 Å². The molecule has 3 aromatic rings. The molecule has 6 nitrogen and oxygen atoms in total. The Hall–Kier alpha value is -2.07. The molecule has 3 rings (SSSR count). The van der Waals surface area contributed by atoms with Gasteiger partial charge in [-0.25, -0.2) is 17.8 Å². The molecule has 10 heteroatoms. The van der Waals surface area contributed by atoms with E-state index in [4.69, 9.17) is 0 Å². The van der Waals surface area contributed by atoms with Crippen molar-refractivity contribution in [3.63, 3.8) is 0 Å². The minimum Gasteiger partial charge on any atom is -0.308 e. The number of carbonyl (C=O) groups is 1. The lowest BCUT2D eigenvalue weighted by atomic mass is 10.2. The molecule has 2 aromatic carbocycles. The molecule has 0 saturated heterocycles. The summed E-state index contributed by atoms with van der Waals surface area (Å²) in [6, 6.07) is 10.7. The van der Waals surface area contributed by atoms with Crippen LogP contribution in [0.4, 0.5) is 9.52 Å². The van der Waals surface area contributed by atoms with Gasteiger partial charge < -0.3 is 4.90 Å². The summed E-state index contributed by atoms with van der Waals surface area (Å²) in [5.41, 5.74) is 1.93. The lowest BCUT2D eigenvalue weighted by Gasteiger charge is -2.22. The largest absolute Gasteiger partial charge is 0.308 e. The second kappa shape index (κ2) is 11.2. The maximum atomic E-state index is 13.1. The highest BCUT2D eigenvalue weighted by atomic mass is 35.5. The molecule has 0 aliphatic rings. The van der Waals surface area contributed by atoms with Gasteiger partial charge in [-0.2, -0.15) is 0 Å². The Kier molecular flexibility index (Phi) is 9.15. The van der Waals surface area contributed by atoms with Crippen LogP contribution in [0.1, 0.15) is 18.4 Å². The van der Waals surface area contributed by atoms with Gasteiger partial charge >= 0.3 is 0 Å². The fraction of sp³-hybridized carbons (Fsp3) is 0.364. The maximum absolute atomic E-state index is 13.1. The Morgan fingerprint density at radius 2 is 1.78 bits per heavy atom. The molecule has 174 valence electrons. The van der Waals surface area contributed by atoms with E-state index < -0.39 is 15.7 Å². The van der Waals surface area contributed by atoms with Gasteiger partial charge in [0.25, 0.3) is 0 Å². The molecule has 0 radical (unpaired) electrons. The number of benzene rings is 2. The molecule has 0 saturated carbocycles. The minimum atomic E-state index is -3.57. The third kappa shape index (κ3) is 6.48. The average Bonchev–Trinajstić information content (AvgIpc) is 3.13. The lowest BCUT2D eigenvalue weighted by Crippen LogP contribution is -2.36. The number of sulfone groups is 1. The zero-order valence-electron chi connectivity index (χ0n) is 18.2. The van der Waals surface area contributed by atoms with Crippen molar-refractivity contribution >= 4 is 54.8 Å². The molecule has 0 atom stereocenters. The van der Waals surface area contributed by atoms with Crippen LogP contribution in [0, 0.1) is 12.7 Å². The van der Waals surface area contributed by atoms with Crippen molar-refractivity contribution in [3.05, 3.63) is 53.8 Å². The highest BCUT2D eigenvalue weighted by molar-refractivity contribution is 7.91. The van der Waals surface area contributed by atoms with Crippen LogP contribution in [0.25, 0.3) is 10.2 Å². The first-order valence-electron chi connectivity index (χ1n) is 9.97. The number of anilines is 1. The monoisotopic (exact) mass is 499 g/mol. The van der Waals surface area contributed by atoms with E-state index in [0.717, 1.165) is 27.9 Å². The summed E-state index contributed by atoms with van der Waals surface area (Å²) >= 11 is 1.46. The van der Waals surface area contributed by atoms with Gasteiger partial charge in [0, 0.05) is 19.5 Å². The van der Waals surface area contributed by atoms with Crippen LogP contribution in [0.15, 0.2) is 47.4 Å². The van der Waals surface area contributed by atoms with Crippen molar-refractivity contribution in [2.24, 2.45) is 0 Å². The molecule has 0 bridgehead atoms. The number of aromatic nitrogens is 1. The van der Waals surface area contributed by atoms with Gasteiger partial charge in [0.15, 0.2) is 15.0 Å². The zero-order valence-corrected chi connectivity index (χ0v) is 20.7. The van der Waals surface area contributed by atoms with Gasteiger partial charge in [-0.15, -0.1) is 12.4 Å². The van der Waals surface area contributed by atoms with Crippen LogP contribution in [0.5, 0.6) is 0 Å². The van der Waals surface area contributed by atoms with E-state index in [1.165, 1.54) is 23.5 Å². The van der Waals surface area contributed by atoms with E-state index in [2.05, 4.69) is 4.98 Å². The van der Waals surface area contributed by atoms with Crippen LogP contribution < -0.4 is 4.90 Å². The van der Waals surface area contributed by atoms with Crippen molar-refractivity contribution in [1.29, 1.82) is 0 Å². The van der Waals surface area contributed by atoms with Gasteiger partial charge in [0.2, 0.25) is 5.91 Å². The number of fused-ring (bicyclic) bond motifs is 1. The summed E-state index contributed by atoms with van der Waals surface area (Å²) < 4.78 is 39.0. The Morgan fingerprint density at radius 3 is 2.41 bits per heavy atom. The van der Waals surface area contributed by atoms with E-state index >= 15 is 0 Å². The van der Waals surface area contributed by atoms with E-state index in [0.29, 0.717) is 18.2 Å². The average molecular weight is 500 g/mol. The molecule has 0 fully saturated rings. The summed E-state index contributed by atoms with van der Waals surface area (Å²) in [7, 11) is 0.288. The number of hydrogen-bond donors (Lipinski definition) is 0. The molecule has 0 aliphatic carbocycles. The lowest BCUT2D eigenvalue weighted by molar-refractivity contribution is -0.118. The van der Waals surface area contributed by atoms with Crippen LogP contribution in [-0.2, 0) is 14.6 Å². The Bertz CT molecular complexity index is 1160. The number of rotatable bonds is 9. The van der Waals surface area contributed by atoms with Crippen molar-refractivity contribution in [2.75, 3.05) is 37.8 Å². The molecule has 32 heavy (non-hydrogen) atoms. The molecule has 0 aliphatic heterocycles. The van der Waals surface area contributed by atoms with E-state index in [-0.39, 0.29) is 41.8 Å². The van der Waals surface area contributed by atoms with Crippen molar-refractivity contribution in [2.45, 2.75) is 24.7 Å². The topological polar surface area (TPSA) is 70.6 Å². The third-order valence-electron chi connectivity index (χ3n) is 4.89. The number of hydrogen-bond acceptors (Lipinski definition) is 6. The second-order valence-corrected chi connectivity index (χ2v) is 10.8. The first kappa shape index (κ1) is 26.2. The number of nitrogens with zero attached hydrogens (tertiary/aromatic N) is 3. The second-order valence-electron chi connectivity index (χ2n) is 7.64. The van der Waals surface area contributed by atoms with Crippen molar-refractivity contribution < 1.29 is 17.6 Å². The number of halogens is 2. The van der Waals surface area contributed by atoms with Gasteiger partial charge in [-0.3, -0.25) is 9.69 Å². The molecule has 1 heterocycles. The number of thiazole rings is 1. The fourth-order valence-electron chi connectivity index (χ4n) is 3.13. The molecule has 1 aromatic heterocycles. The molecule has 0 spiro atoms. The first-order valence-corrected chi connectivity index (χ1v) is 12.4. The Labute approximate surface area is 198 Å². The maximum Gasteiger partial charge on any atom is 0.228 e. The van der Waals surface area contributed by atoms with Gasteiger partial charge in [-0.1, -0.05) is 23.5 Å². The van der Waals surface area contributed by atoms with Gasteiger partial charge in [-0.05, 0) is 63.3 Å². The van der Waals surface area contributed by atoms with Crippen molar-refractivity contribution in [3.8, 4) is 0 Å². The minimum absolute atomic E-state index is 0. The SMILES string of the molecule is Cc1cccc2sc(N(CCN(C)C)C(=O)CCCS(=O)(=O)c3ccc(F)cc3)nc12.Cl. The van der Waals surface area contributed by atoms with E-state index in [1.807, 2.05) is 44.1 Å². The van der Waals surface area contributed by atoms with Crippen LogP contribution in [0.2, 0.25) is 0 Å². The Morgan fingerprint density at radius 1 is 1.09 bits per heavy atom. The number of carbonyl (C=O) groups excluding carboxylic acids is 1. The zero-order chi connectivity index (χ0) is 22.6. The molecule has 1 amide bonds. The predicted molar refractivity (Wildman–Crippen MR) is 130 cm³/mol. The normalized spacial score (nSPS) is 11.5. The van der Waals surface area contributed by atoms with Gasteiger partial charge in [0.1, 0.15) is 5.82 Å². The third-order valence-corrected chi connectivity index (χ3v) is 7.75. The predicted octanol–water partition coefficient (Wildman–Crippen LogP) is 4.31. The standard InChI is InChI=1S/C22H26FN3O3S2.ClH/c1-16-6-4-7-19-21(16)24-22(30-19)26(14-13-25(2)3)20(27)8-5-15-31(28,29)18-11-9-17(23)10-12-18;/h4,6-7,9-12H,5,8,13-15H2,1-3H3;1H. The van der Waals surface area contributed by atoms with Crippen molar-refractivity contribution in [1.82, 2.24) is 9.88 Å². The van der Waals surface area contributed by atoms with E-state index in [1.54, 1.807) is 4.90 Å². The summed E-state index contributed by atoms with van der Waals surface area (Å²) in [5.74, 6) is -0.824. The molecule has 0 unspecified atom stereocenters. The molecule has 0 N–H and O–H groups in total. The first-order chi connectivity index (χ1) is 14.7. The fourth-order valence-corrected chi connectivity index (χ4v) is 5.52. The number of para-hydroxylation sites is 1. The number of aryl methyl sites for hydroxylation is 1. The van der Waals surface area contributed by atoms with Crippen LogP contribution >= 0.6 is 23.7 Å². The smallest absolute Gasteiger partial charge is 0.228 e. The highest BCUT2D eigenvalue weighted by Gasteiger charge is 2.22. The summed E-state index contributed by atoms with van der Waals surface area (Å²) in [6.07, 6.45) is 0.268. The quantitative estimate of drug-likeness (QED) is 0.410. The molecular weight excluding hydrogens is 473 g/mol. The van der Waals surface area contributed by atoms with Crippen LogP contribution in [0.3, 0.4) is 0 Å². The summed E-state index contributed by atoms with van der Waals surface area (Å²) in [6.45, 7) is 3.11. The Balaban J connectivity index is 0.00000363.